The van der Waals surface area contributed by atoms with Crippen LogP contribution < -0.4 is 0 Å². The Hall–Kier alpha value is -0.910. The van der Waals surface area contributed by atoms with E-state index in [1.807, 2.05) is 6.92 Å². The Balaban J connectivity index is 2.18. The van der Waals surface area contributed by atoms with Crippen molar-refractivity contribution in [2.24, 2.45) is 23.7 Å². The van der Waals surface area contributed by atoms with Gasteiger partial charge in [0.25, 0.3) is 0 Å². The topological polar surface area (TPSA) is 0 Å². The average molecular weight is 512 g/mol. The van der Waals surface area contributed by atoms with Crippen molar-refractivity contribution in [2.75, 3.05) is 0 Å². The second-order valence-corrected chi connectivity index (χ2v) is 9.22. The molecule has 2 aliphatic rings. The molecule has 2 rings (SSSR count). The van der Waals surface area contributed by atoms with E-state index in [-0.39, 0.29) is 24.7 Å². The predicted molar refractivity (Wildman–Crippen MR) is 92.0 cm³/mol. The molecule has 0 saturated heterocycles. The van der Waals surface area contributed by atoms with Crippen molar-refractivity contribution in [3.05, 3.63) is 0 Å². The molecule has 196 valence electrons. The monoisotopic (exact) mass is 512 g/mol. The largest absolute Gasteiger partial charge is 0.460 e. The van der Waals surface area contributed by atoms with Gasteiger partial charge < -0.3 is 0 Å². The maximum Gasteiger partial charge on any atom is 0.460 e. The van der Waals surface area contributed by atoms with E-state index < -0.39 is 54.5 Å². The quantitative estimate of drug-likeness (QED) is 0.299. The zero-order valence-electron chi connectivity index (χ0n) is 17.6. The first-order chi connectivity index (χ1) is 14.8. The molecule has 13 heteroatoms. The fourth-order valence-corrected chi connectivity index (χ4v) is 5.06. The Bertz CT molecular complexity index is 651. The molecule has 0 radical (unpaired) electrons. The molecule has 0 heterocycles. The van der Waals surface area contributed by atoms with Gasteiger partial charge in [-0.2, -0.15) is 57.1 Å². The Morgan fingerprint density at radius 1 is 0.485 bits per heavy atom. The number of rotatable bonds is 7. The fourth-order valence-electron chi connectivity index (χ4n) is 5.06. The molecule has 0 aromatic heterocycles. The van der Waals surface area contributed by atoms with Gasteiger partial charge in [-0.3, -0.25) is 0 Å². The predicted octanol–water partition coefficient (Wildman–Crippen LogP) is 8.75. The van der Waals surface area contributed by atoms with Crippen LogP contribution >= 0.6 is 0 Å². The molecule has 0 aromatic carbocycles. The van der Waals surface area contributed by atoms with E-state index >= 15 is 0 Å². The van der Waals surface area contributed by atoms with Crippen LogP contribution in [0.25, 0.3) is 0 Å². The highest BCUT2D eigenvalue weighted by molar-refractivity contribution is 5.11. The first-order valence-corrected chi connectivity index (χ1v) is 10.7. The average Bonchev–Trinajstić information content (AvgIpc) is 2.72. The van der Waals surface area contributed by atoms with Gasteiger partial charge in [0, 0.05) is 5.92 Å². The highest BCUT2D eigenvalue weighted by Crippen LogP contribution is 2.62. The summed E-state index contributed by atoms with van der Waals surface area (Å²) in [6.07, 6.45) is -4.77. The molecule has 0 aliphatic heterocycles. The summed E-state index contributed by atoms with van der Waals surface area (Å²) >= 11 is 0. The van der Waals surface area contributed by atoms with Gasteiger partial charge >= 0.3 is 35.8 Å². The van der Waals surface area contributed by atoms with Crippen LogP contribution in [0.4, 0.5) is 57.1 Å². The van der Waals surface area contributed by atoms with Crippen LogP contribution in [-0.4, -0.2) is 35.8 Å². The van der Waals surface area contributed by atoms with Gasteiger partial charge in [0.2, 0.25) is 0 Å². The maximum absolute atomic E-state index is 14.4. The molecule has 0 aromatic rings. The Labute approximate surface area is 182 Å². The molecule has 0 unspecified atom stereocenters. The SMILES string of the molecule is CC[C@H]1CC[C@H]([C@H]2CC[C@H](C(F)(F)C(F)(F)C(F)(F)C(F)(F)C(F)(F)C(F)(F)F)CC2)CC1. The van der Waals surface area contributed by atoms with E-state index in [2.05, 4.69) is 0 Å². The molecule has 0 bridgehead atoms. The number of alkyl halides is 13. The highest BCUT2D eigenvalue weighted by Gasteiger charge is 2.91. The summed E-state index contributed by atoms with van der Waals surface area (Å²) in [4.78, 5) is 0. The molecule has 0 atom stereocenters. The normalized spacial score (nSPS) is 29.3. The van der Waals surface area contributed by atoms with Crippen LogP contribution in [0.15, 0.2) is 0 Å². The van der Waals surface area contributed by atoms with E-state index in [4.69, 9.17) is 0 Å². The lowest BCUT2D eigenvalue weighted by molar-refractivity contribution is -0.443. The fraction of sp³-hybridized carbons (Fsp3) is 1.00. The molecular weight excluding hydrogens is 487 g/mol. The van der Waals surface area contributed by atoms with Gasteiger partial charge in [-0.05, 0) is 56.3 Å². The van der Waals surface area contributed by atoms with Crippen LogP contribution in [0.1, 0.15) is 64.7 Å². The zero-order valence-corrected chi connectivity index (χ0v) is 17.6. The van der Waals surface area contributed by atoms with Crippen LogP contribution in [0.5, 0.6) is 0 Å². The molecule has 0 spiro atoms. The first kappa shape index (κ1) is 28.3. The van der Waals surface area contributed by atoms with Gasteiger partial charge in [0.1, 0.15) is 0 Å². The summed E-state index contributed by atoms with van der Waals surface area (Å²) in [6, 6.07) is 0. The maximum atomic E-state index is 14.4. The van der Waals surface area contributed by atoms with E-state index in [1.165, 1.54) is 0 Å². The second kappa shape index (κ2) is 8.95. The van der Waals surface area contributed by atoms with Gasteiger partial charge in [-0.1, -0.05) is 26.2 Å². The third kappa shape index (κ3) is 4.54. The van der Waals surface area contributed by atoms with Crippen molar-refractivity contribution < 1.29 is 57.1 Å². The van der Waals surface area contributed by atoms with Crippen LogP contribution in [0, 0.1) is 23.7 Å². The Kier molecular flexibility index (Phi) is 7.68. The van der Waals surface area contributed by atoms with Crippen LogP contribution in [-0.2, 0) is 0 Å². The standard InChI is InChI=1S/C20H25F13/c1-2-11-3-5-12(6-4-11)13-7-9-14(10-8-13)15(21,22)16(23,24)17(25,26)18(27,28)19(29,30)20(31,32)33/h11-14H,2-10H2,1H3/t11-,12-,13-,14-. The second-order valence-electron chi connectivity index (χ2n) is 9.22. The van der Waals surface area contributed by atoms with Gasteiger partial charge in [-0.25, -0.2) is 0 Å². The Morgan fingerprint density at radius 3 is 1.21 bits per heavy atom. The van der Waals surface area contributed by atoms with Crippen molar-refractivity contribution in [3.63, 3.8) is 0 Å². The number of halogens is 13. The van der Waals surface area contributed by atoms with Crippen molar-refractivity contribution in [3.8, 4) is 0 Å². The van der Waals surface area contributed by atoms with Crippen molar-refractivity contribution in [2.45, 2.75) is 101 Å². The molecule has 0 nitrogen and oxygen atoms in total. The summed E-state index contributed by atoms with van der Waals surface area (Å²) in [7, 11) is 0. The molecule has 33 heavy (non-hydrogen) atoms. The minimum atomic E-state index is -7.82. The van der Waals surface area contributed by atoms with Crippen molar-refractivity contribution in [1.29, 1.82) is 0 Å². The number of hydrogen-bond acceptors (Lipinski definition) is 0. The van der Waals surface area contributed by atoms with Crippen LogP contribution in [0.2, 0.25) is 0 Å². The zero-order chi connectivity index (χ0) is 25.7. The van der Waals surface area contributed by atoms with Gasteiger partial charge in [0.15, 0.2) is 0 Å². The molecule has 0 N–H and O–H groups in total. The minimum absolute atomic E-state index is 0.0849. The van der Waals surface area contributed by atoms with E-state index in [0.29, 0.717) is 5.92 Å². The smallest absolute Gasteiger partial charge is 0.199 e. The van der Waals surface area contributed by atoms with E-state index in [0.717, 1.165) is 32.1 Å². The molecule has 2 fully saturated rings. The summed E-state index contributed by atoms with van der Waals surface area (Å²) in [5, 5.41) is 0. The van der Waals surface area contributed by atoms with E-state index in [9.17, 15) is 57.1 Å². The lowest BCUT2D eigenvalue weighted by atomic mass is 9.67. The minimum Gasteiger partial charge on any atom is -0.199 e. The third-order valence-corrected chi connectivity index (χ3v) is 7.38. The highest BCUT2D eigenvalue weighted by atomic mass is 19.4. The molecular formula is C20H25F13. The van der Waals surface area contributed by atoms with E-state index in [1.54, 1.807) is 0 Å². The van der Waals surface area contributed by atoms with Crippen molar-refractivity contribution >= 4 is 0 Å². The van der Waals surface area contributed by atoms with Gasteiger partial charge in [0.05, 0.1) is 0 Å². The Morgan fingerprint density at radius 2 is 0.848 bits per heavy atom. The molecule has 0 amide bonds. The van der Waals surface area contributed by atoms with Crippen molar-refractivity contribution in [1.82, 2.24) is 0 Å². The summed E-state index contributed by atoms with van der Waals surface area (Å²) in [5.74, 6) is -38.4. The van der Waals surface area contributed by atoms with Gasteiger partial charge in [-0.15, -0.1) is 0 Å². The summed E-state index contributed by atoms with van der Waals surface area (Å²) in [5.41, 5.74) is 0. The van der Waals surface area contributed by atoms with Crippen LogP contribution in [0.3, 0.4) is 0 Å². The first-order valence-electron chi connectivity index (χ1n) is 10.7. The summed E-state index contributed by atoms with van der Waals surface area (Å²) in [6.45, 7) is 2.02. The molecule has 2 aliphatic carbocycles. The molecule has 2 saturated carbocycles. The lowest BCUT2D eigenvalue weighted by Crippen LogP contribution is -2.71. The summed E-state index contributed by atoms with van der Waals surface area (Å²) < 4.78 is 173. The number of hydrogen-bond donors (Lipinski definition) is 0. The lowest BCUT2D eigenvalue weighted by Gasteiger charge is -2.44. The third-order valence-electron chi connectivity index (χ3n) is 7.38.